The molecule has 2 unspecified atom stereocenters. The number of imide groups is 1. The zero-order valence-corrected chi connectivity index (χ0v) is 18.0. The first kappa shape index (κ1) is 20.7. The number of furan rings is 1. The highest BCUT2D eigenvalue weighted by molar-refractivity contribution is 6.09. The van der Waals surface area contributed by atoms with E-state index in [0.717, 1.165) is 21.4 Å². The van der Waals surface area contributed by atoms with Gasteiger partial charge in [0.05, 0.1) is 6.04 Å². The summed E-state index contributed by atoms with van der Waals surface area (Å²) in [6.45, 7) is 7.13. The van der Waals surface area contributed by atoms with E-state index in [4.69, 9.17) is 4.42 Å². The van der Waals surface area contributed by atoms with Crippen LogP contribution in [-0.2, 0) is 15.1 Å². The third kappa shape index (κ3) is 3.67. The topological polar surface area (TPSA) is 91.7 Å². The van der Waals surface area contributed by atoms with Crippen molar-refractivity contribution < 1.29 is 18.8 Å². The van der Waals surface area contributed by atoms with Gasteiger partial charge in [0.2, 0.25) is 5.91 Å². The molecule has 1 aliphatic rings. The molecule has 3 aromatic rings. The zero-order chi connectivity index (χ0) is 22.3. The van der Waals surface area contributed by atoms with Crippen molar-refractivity contribution in [3.05, 3.63) is 71.0 Å². The van der Waals surface area contributed by atoms with Crippen LogP contribution in [0.1, 0.15) is 42.3 Å². The van der Waals surface area contributed by atoms with Crippen molar-refractivity contribution in [1.82, 2.24) is 15.5 Å². The van der Waals surface area contributed by atoms with Gasteiger partial charge in [0.25, 0.3) is 5.91 Å². The van der Waals surface area contributed by atoms with Gasteiger partial charge in [-0.15, -0.1) is 0 Å². The maximum Gasteiger partial charge on any atom is 0.325 e. The third-order valence-electron chi connectivity index (χ3n) is 5.90. The molecular weight excluding hydrogens is 394 g/mol. The number of nitrogens with zero attached hydrogens (tertiary/aromatic N) is 1. The number of hydrogen-bond donors (Lipinski definition) is 2. The summed E-state index contributed by atoms with van der Waals surface area (Å²) >= 11 is 0. The molecule has 4 amide bonds. The van der Waals surface area contributed by atoms with Gasteiger partial charge in [-0.1, -0.05) is 36.4 Å². The maximum absolute atomic E-state index is 13.1. The molecule has 160 valence electrons. The molecule has 0 bridgehead atoms. The highest BCUT2D eigenvalue weighted by atomic mass is 16.3. The Morgan fingerprint density at radius 3 is 2.58 bits per heavy atom. The number of amides is 4. The summed E-state index contributed by atoms with van der Waals surface area (Å²) in [6.07, 6.45) is 0. The molecule has 0 radical (unpaired) electrons. The molecule has 2 heterocycles. The number of urea groups is 1. The SMILES string of the molecule is Cc1ccc(C(C)NC(=O)CN2C(=O)NC(C)(c3cc4ccccc4o3)C2=O)cc1C. The van der Waals surface area contributed by atoms with E-state index in [9.17, 15) is 14.4 Å². The molecule has 2 N–H and O–H groups in total. The smallest absolute Gasteiger partial charge is 0.325 e. The lowest BCUT2D eigenvalue weighted by atomic mass is 9.99. The second kappa shape index (κ2) is 7.58. The number of benzene rings is 2. The summed E-state index contributed by atoms with van der Waals surface area (Å²) in [7, 11) is 0. The summed E-state index contributed by atoms with van der Waals surface area (Å²) in [5.41, 5.74) is 2.52. The van der Waals surface area contributed by atoms with Gasteiger partial charge in [-0.2, -0.15) is 0 Å². The van der Waals surface area contributed by atoms with Crippen LogP contribution in [0.3, 0.4) is 0 Å². The fourth-order valence-electron chi connectivity index (χ4n) is 3.78. The van der Waals surface area contributed by atoms with Gasteiger partial charge >= 0.3 is 6.03 Å². The summed E-state index contributed by atoms with van der Waals surface area (Å²) in [5, 5.41) is 6.37. The quantitative estimate of drug-likeness (QED) is 0.617. The molecule has 1 aliphatic heterocycles. The van der Waals surface area contributed by atoms with Gasteiger partial charge in [-0.05, 0) is 56.5 Å². The number of carbonyl (C=O) groups is 3. The second-order valence-corrected chi connectivity index (χ2v) is 8.23. The molecule has 1 aromatic heterocycles. The number of aryl methyl sites for hydroxylation is 2. The Morgan fingerprint density at radius 1 is 1.13 bits per heavy atom. The van der Waals surface area contributed by atoms with Crippen LogP contribution >= 0.6 is 0 Å². The molecule has 0 aliphatic carbocycles. The Labute approximate surface area is 180 Å². The van der Waals surface area contributed by atoms with Crippen LogP contribution in [0, 0.1) is 13.8 Å². The van der Waals surface area contributed by atoms with Crippen LogP contribution in [0.15, 0.2) is 52.9 Å². The molecule has 2 atom stereocenters. The second-order valence-electron chi connectivity index (χ2n) is 8.23. The van der Waals surface area contributed by atoms with Gasteiger partial charge < -0.3 is 15.1 Å². The van der Waals surface area contributed by atoms with Gasteiger partial charge in [0.1, 0.15) is 17.9 Å². The minimum absolute atomic E-state index is 0.255. The molecule has 7 nitrogen and oxygen atoms in total. The zero-order valence-electron chi connectivity index (χ0n) is 18.0. The largest absolute Gasteiger partial charge is 0.458 e. The molecule has 0 spiro atoms. The highest BCUT2D eigenvalue weighted by Crippen LogP contribution is 2.33. The van der Waals surface area contributed by atoms with Gasteiger partial charge in [-0.25, -0.2) is 4.79 Å². The molecule has 2 aromatic carbocycles. The maximum atomic E-state index is 13.1. The van der Waals surface area contributed by atoms with Gasteiger partial charge in [0.15, 0.2) is 5.54 Å². The van der Waals surface area contributed by atoms with E-state index in [1.807, 2.05) is 57.2 Å². The molecule has 31 heavy (non-hydrogen) atoms. The first-order chi connectivity index (χ1) is 14.7. The first-order valence-electron chi connectivity index (χ1n) is 10.2. The van der Waals surface area contributed by atoms with Crippen molar-refractivity contribution >= 4 is 28.8 Å². The van der Waals surface area contributed by atoms with Crippen molar-refractivity contribution in [3.8, 4) is 0 Å². The Morgan fingerprint density at radius 2 is 1.87 bits per heavy atom. The van der Waals surface area contributed by atoms with Crippen LogP contribution in [0.2, 0.25) is 0 Å². The normalized spacial score (nSPS) is 19.5. The fraction of sp³-hybridized carbons (Fsp3) is 0.292. The van der Waals surface area contributed by atoms with Crippen LogP contribution in [-0.4, -0.2) is 29.3 Å². The Kier molecular flexibility index (Phi) is 5.05. The standard InChI is InChI=1S/C24H25N3O4/c1-14-9-10-17(11-15(14)2)16(3)25-21(28)13-27-22(29)24(4,26-23(27)30)20-12-18-7-5-6-8-19(18)31-20/h5-12,16H,13H2,1-4H3,(H,25,28)(H,26,30). The van der Waals surface area contributed by atoms with Crippen molar-refractivity contribution in [2.24, 2.45) is 0 Å². The monoisotopic (exact) mass is 419 g/mol. The molecule has 0 saturated carbocycles. The molecule has 1 saturated heterocycles. The molecule has 7 heteroatoms. The Hall–Kier alpha value is -3.61. The fourth-order valence-corrected chi connectivity index (χ4v) is 3.78. The van der Waals surface area contributed by atoms with E-state index in [1.54, 1.807) is 19.1 Å². The van der Waals surface area contributed by atoms with E-state index < -0.39 is 23.4 Å². The van der Waals surface area contributed by atoms with Crippen molar-refractivity contribution in [2.75, 3.05) is 6.54 Å². The minimum Gasteiger partial charge on any atom is -0.458 e. The number of nitrogens with one attached hydrogen (secondary N) is 2. The highest BCUT2D eigenvalue weighted by Gasteiger charge is 2.51. The number of para-hydroxylation sites is 1. The van der Waals surface area contributed by atoms with E-state index in [1.165, 1.54) is 5.56 Å². The van der Waals surface area contributed by atoms with E-state index in [2.05, 4.69) is 10.6 Å². The minimum atomic E-state index is -1.37. The first-order valence-corrected chi connectivity index (χ1v) is 10.2. The average molecular weight is 419 g/mol. The molecular formula is C24H25N3O4. The number of hydrogen-bond acceptors (Lipinski definition) is 4. The third-order valence-corrected chi connectivity index (χ3v) is 5.90. The van der Waals surface area contributed by atoms with Crippen LogP contribution in [0.25, 0.3) is 11.0 Å². The van der Waals surface area contributed by atoms with Crippen LogP contribution in [0.5, 0.6) is 0 Å². The summed E-state index contributed by atoms with van der Waals surface area (Å²) in [4.78, 5) is 39.2. The predicted octanol–water partition coefficient (Wildman–Crippen LogP) is 3.69. The van der Waals surface area contributed by atoms with Crippen LogP contribution < -0.4 is 10.6 Å². The lowest BCUT2D eigenvalue weighted by Crippen LogP contribution is -2.43. The number of carbonyl (C=O) groups excluding carboxylic acids is 3. The molecule has 4 rings (SSSR count). The summed E-state index contributed by atoms with van der Waals surface area (Å²) < 4.78 is 5.81. The predicted molar refractivity (Wildman–Crippen MR) is 116 cm³/mol. The van der Waals surface area contributed by atoms with Crippen molar-refractivity contribution in [2.45, 2.75) is 39.3 Å². The van der Waals surface area contributed by atoms with E-state index >= 15 is 0 Å². The van der Waals surface area contributed by atoms with Crippen molar-refractivity contribution in [3.63, 3.8) is 0 Å². The van der Waals surface area contributed by atoms with E-state index in [0.29, 0.717) is 11.3 Å². The van der Waals surface area contributed by atoms with Crippen LogP contribution in [0.4, 0.5) is 4.79 Å². The Bertz CT molecular complexity index is 1170. The average Bonchev–Trinajstić information content (AvgIpc) is 3.26. The Balaban J connectivity index is 1.48. The lowest BCUT2D eigenvalue weighted by molar-refractivity contribution is -0.135. The van der Waals surface area contributed by atoms with E-state index in [-0.39, 0.29) is 12.6 Å². The number of fused-ring (bicyclic) bond motifs is 1. The van der Waals surface area contributed by atoms with Gasteiger partial charge in [-0.3, -0.25) is 14.5 Å². The molecule has 1 fully saturated rings. The lowest BCUT2D eigenvalue weighted by Gasteiger charge is -2.20. The summed E-state index contributed by atoms with van der Waals surface area (Å²) in [6, 6.07) is 14.2. The summed E-state index contributed by atoms with van der Waals surface area (Å²) in [5.74, 6) is -0.605. The van der Waals surface area contributed by atoms with Crippen molar-refractivity contribution in [1.29, 1.82) is 0 Å². The van der Waals surface area contributed by atoms with Gasteiger partial charge in [0, 0.05) is 5.39 Å². The number of rotatable bonds is 5.